The lowest BCUT2D eigenvalue weighted by Gasteiger charge is -2.22. The van der Waals surface area contributed by atoms with Gasteiger partial charge in [0.2, 0.25) is 0 Å². The Balaban J connectivity index is 1.00. The fourth-order valence-electron chi connectivity index (χ4n) is 10.2. The SMILES string of the molecule is CC1(C)c2ccccc2-c2c(-c3ccc(-c4ccc(-c5cc(-c6cccc(-c7ccc8ccccc8c7)c6)nc(-c6ccccc6)n5)c5ccccc45)c4ccccc34)cccc21. The van der Waals surface area contributed by atoms with Crippen molar-refractivity contribution < 1.29 is 0 Å². The Labute approximate surface area is 367 Å². The first kappa shape index (κ1) is 36.9. The highest BCUT2D eigenvalue weighted by Crippen LogP contribution is 2.53. The van der Waals surface area contributed by atoms with Gasteiger partial charge in [0.25, 0.3) is 0 Å². The lowest BCUT2D eigenvalue weighted by Crippen LogP contribution is -2.14. The highest BCUT2D eigenvalue weighted by Gasteiger charge is 2.36. The standard InChI is InChI=1S/C61H42N2/c1-61(2)55-28-13-12-26-54(55)59-53(27-15-29-56(59)61)51-33-32-49(45-22-8-9-23-46(45)51)50-34-35-52(48-25-11-10-24-47(48)50)58-38-57(62-60(63-58)40-17-4-3-5-18-40)44-21-14-20-42(37-44)43-31-30-39-16-6-7-19-41(39)36-43/h3-38H,1-2H3. The maximum Gasteiger partial charge on any atom is 0.160 e. The average molecular weight is 803 g/mol. The second kappa shape index (κ2) is 14.6. The Hall–Kier alpha value is -7.94. The summed E-state index contributed by atoms with van der Waals surface area (Å²) in [5.74, 6) is 0.701. The summed E-state index contributed by atoms with van der Waals surface area (Å²) in [4.78, 5) is 10.5. The van der Waals surface area contributed by atoms with E-state index in [9.17, 15) is 0 Å². The summed E-state index contributed by atoms with van der Waals surface area (Å²) in [6, 6.07) is 79.1. The Morgan fingerprint density at radius 2 is 0.810 bits per heavy atom. The molecule has 0 bridgehead atoms. The molecule has 1 aliphatic carbocycles. The zero-order chi connectivity index (χ0) is 42.1. The highest BCUT2D eigenvalue weighted by molar-refractivity contribution is 6.13. The lowest BCUT2D eigenvalue weighted by molar-refractivity contribution is 0.660. The van der Waals surface area contributed by atoms with E-state index >= 15 is 0 Å². The molecule has 0 unspecified atom stereocenters. The van der Waals surface area contributed by atoms with Crippen molar-refractivity contribution in [2.24, 2.45) is 0 Å². The molecule has 2 nitrogen and oxygen atoms in total. The third-order valence-corrected chi connectivity index (χ3v) is 13.3. The van der Waals surface area contributed by atoms with E-state index in [1.165, 1.54) is 77.0 Å². The normalized spacial score (nSPS) is 12.7. The smallest absolute Gasteiger partial charge is 0.160 e. The predicted octanol–water partition coefficient (Wildman–Crippen LogP) is 16.2. The number of rotatable bonds is 6. The van der Waals surface area contributed by atoms with Crippen LogP contribution in [-0.4, -0.2) is 9.97 Å². The van der Waals surface area contributed by atoms with Gasteiger partial charge in [-0.3, -0.25) is 0 Å². The van der Waals surface area contributed by atoms with E-state index < -0.39 is 0 Å². The molecule has 0 atom stereocenters. The van der Waals surface area contributed by atoms with Crippen LogP contribution in [0.15, 0.2) is 218 Å². The van der Waals surface area contributed by atoms with Crippen molar-refractivity contribution in [3.05, 3.63) is 230 Å². The van der Waals surface area contributed by atoms with Crippen molar-refractivity contribution >= 4 is 32.3 Å². The quantitative estimate of drug-likeness (QED) is 0.167. The van der Waals surface area contributed by atoms with E-state index in [4.69, 9.17) is 9.97 Å². The minimum atomic E-state index is -0.0629. The minimum Gasteiger partial charge on any atom is -0.228 e. The molecule has 10 aromatic carbocycles. The zero-order valence-corrected chi connectivity index (χ0v) is 35.2. The number of benzene rings is 10. The van der Waals surface area contributed by atoms with Crippen LogP contribution in [0.2, 0.25) is 0 Å². The third-order valence-electron chi connectivity index (χ3n) is 13.3. The van der Waals surface area contributed by atoms with Gasteiger partial charge in [-0.25, -0.2) is 9.97 Å². The first-order valence-corrected chi connectivity index (χ1v) is 21.8. The number of hydrogen-bond acceptors (Lipinski definition) is 2. The van der Waals surface area contributed by atoms with E-state index in [1.807, 2.05) is 6.07 Å². The molecule has 1 aromatic heterocycles. The highest BCUT2D eigenvalue weighted by atomic mass is 14.9. The van der Waals surface area contributed by atoms with Gasteiger partial charge < -0.3 is 0 Å². The number of fused-ring (bicyclic) bond motifs is 6. The topological polar surface area (TPSA) is 25.8 Å². The molecule has 1 heterocycles. The molecule has 63 heavy (non-hydrogen) atoms. The van der Waals surface area contributed by atoms with Gasteiger partial charge in [-0.1, -0.05) is 214 Å². The first-order valence-electron chi connectivity index (χ1n) is 21.8. The molecule has 296 valence electrons. The van der Waals surface area contributed by atoms with Crippen LogP contribution in [0.4, 0.5) is 0 Å². The maximum atomic E-state index is 5.31. The molecular weight excluding hydrogens is 761 g/mol. The van der Waals surface area contributed by atoms with Gasteiger partial charge in [-0.15, -0.1) is 0 Å². The van der Waals surface area contributed by atoms with Crippen molar-refractivity contribution in [3.8, 4) is 78.4 Å². The molecule has 0 N–H and O–H groups in total. The van der Waals surface area contributed by atoms with Crippen molar-refractivity contribution in [1.29, 1.82) is 0 Å². The minimum absolute atomic E-state index is 0.0629. The van der Waals surface area contributed by atoms with Crippen LogP contribution in [-0.2, 0) is 5.41 Å². The molecule has 0 saturated heterocycles. The molecule has 0 amide bonds. The van der Waals surface area contributed by atoms with Crippen LogP contribution in [0.5, 0.6) is 0 Å². The number of aromatic nitrogens is 2. The van der Waals surface area contributed by atoms with E-state index in [0.717, 1.165) is 39.0 Å². The monoisotopic (exact) mass is 802 g/mol. The molecule has 12 rings (SSSR count). The summed E-state index contributed by atoms with van der Waals surface area (Å²) in [6.45, 7) is 4.71. The average Bonchev–Trinajstić information content (AvgIpc) is 3.59. The first-order chi connectivity index (χ1) is 31.0. The number of hydrogen-bond donors (Lipinski definition) is 0. The summed E-state index contributed by atoms with van der Waals surface area (Å²) in [5, 5.41) is 7.28. The summed E-state index contributed by atoms with van der Waals surface area (Å²) in [5.41, 5.74) is 17.6. The molecule has 0 radical (unpaired) electrons. The van der Waals surface area contributed by atoms with Crippen molar-refractivity contribution in [2.75, 3.05) is 0 Å². The van der Waals surface area contributed by atoms with Gasteiger partial charge in [-0.2, -0.15) is 0 Å². The van der Waals surface area contributed by atoms with Gasteiger partial charge in [0.1, 0.15) is 0 Å². The molecule has 0 saturated carbocycles. The molecular formula is C61H42N2. The van der Waals surface area contributed by atoms with Crippen LogP contribution < -0.4 is 0 Å². The van der Waals surface area contributed by atoms with Gasteiger partial charge in [0.05, 0.1) is 11.4 Å². The van der Waals surface area contributed by atoms with Gasteiger partial charge in [-0.05, 0) is 106 Å². The zero-order valence-electron chi connectivity index (χ0n) is 35.2. The van der Waals surface area contributed by atoms with Crippen molar-refractivity contribution in [1.82, 2.24) is 9.97 Å². The predicted molar refractivity (Wildman–Crippen MR) is 265 cm³/mol. The fourth-order valence-corrected chi connectivity index (χ4v) is 10.2. The third kappa shape index (κ3) is 6.09. The van der Waals surface area contributed by atoms with E-state index in [0.29, 0.717) is 5.82 Å². The van der Waals surface area contributed by atoms with E-state index in [2.05, 4.69) is 226 Å². The van der Waals surface area contributed by atoms with Crippen LogP contribution in [0, 0.1) is 0 Å². The summed E-state index contributed by atoms with van der Waals surface area (Å²) >= 11 is 0. The summed E-state index contributed by atoms with van der Waals surface area (Å²) in [6.07, 6.45) is 0. The van der Waals surface area contributed by atoms with Crippen LogP contribution in [0.3, 0.4) is 0 Å². The van der Waals surface area contributed by atoms with Crippen molar-refractivity contribution in [3.63, 3.8) is 0 Å². The molecule has 0 aliphatic heterocycles. The molecule has 0 spiro atoms. The Morgan fingerprint density at radius 3 is 1.56 bits per heavy atom. The molecule has 2 heteroatoms. The van der Waals surface area contributed by atoms with Gasteiger partial charge in [0, 0.05) is 22.1 Å². The second-order valence-electron chi connectivity index (χ2n) is 17.3. The van der Waals surface area contributed by atoms with Gasteiger partial charge in [0.15, 0.2) is 5.82 Å². The Morgan fingerprint density at radius 1 is 0.302 bits per heavy atom. The number of nitrogens with zero attached hydrogens (tertiary/aromatic N) is 2. The van der Waals surface area contributed by atoms with Gasteiger partial charge >= 0.3 is 0 Å². The Kier molecular flexibility index (Phi) is 8.55. The largest absolute Gasteiger partial charge is 0.228 e. The summed E-state index contributed by atoms with van der Waals surface area (Å²) in [7, 11) is 0. The lowest BCUT2D eigenvalue weighted by atomic mass is 9.81. The van der Waals surface area contributed by atoms with Crippen LogP contribution in [0.1, 0.15) is 25.0 Å². The maximum absolute atomic E-state index is 5.31. The van der Waals surface area contributed by atoms with E-state index in [-0.39, 0.29) is 5.41 Å². The van der Waals surface area contributed by atoms with Crippen molar-refractivity contribution in [2.45, 2.75) is 19.3 Å². The molecule has 11 aromatic rings. The van der Waals surface area contributed by atoms with E-state index in [1.54, 1.807) is 0 Å². The Bertz CT molecular complexity index is 3600. The van der Waals surface area contributed by atoms with Crippen LogP contribution >= 0.6 is 0 Å². The fraction of sp³-hybridized carbons (Fsp3) is 0.0492. The van der Waals surface area contributed by atoms with Crippen LogP contribution in [0.25, 0.3) is 111 Å². The summed E-state index contributed by atoms with van der Waals surface area (Å²) < 4.78 is 0. The molecule has 1 aliphatic rings. The second-order valence-corrected chi connectivity index (χ2v) is 17.3. The molecule has 0 fully saturated rings.